The molecule has 1 heterocycles. The minimum absolute atomic E-state index is 0.0566. The van der Waals surface area contributed by atoms with Crippen molar-refractivity contribution >= 4 is 14.4 Å². The second-order valence-corrected chi connectivity index (χ2v) is 11.4. The van der Waals surface area contributed by atoms with E-state index >= 15 is 0 Å². The lowest BCUT2D eigenvalue weighted by Gasteiger charge is -2.16. The Bertz CT molecular complexity index is 478. The van der Waals surface area contributed by atoms with Crippen molar-refractivity contribution in [3.63, 3.8) is 0 Å². The molecule has 0 aliphatic carbocycles. The van der Waals surface area contributed by atoms with Gasteiger partial charge in [-0.1, -0.05) is 19.6 Å². The molecule has 20 heavy (non-hydrogen) atoms. The van der Waals surface area contributed by atoms with E-state index in [4.69, 9.17) is 4.74 Å². The summed E-state index contributed by atoms with van der Waals surface area (Å²) in [6.07, 6.45) is -4.44. The number of nitrogens with zero attached hydrogens (tertiary/aromatic N) is 2. The van der Waals surface area contributed by atoms with Crippen molar-refractivity contribution in [2.75, 3.05) is 6.61 Å². The lowest BCUT2D eigenvalue weighted by Crippen LogP contribution is -2.23. The smallest absolute Gasteiger partial charge is 0.360 e. The van der Waals surface area contributed by atoms with Crippen LogP contribution in [0.15, 0.2) is 0 Å². The van der Waals surface area contributed by atoms with Crippen LogP contribution in [-0.2, 0) is 17.6 Å². The molecular formula is C12H19F3N2O2Si. The molecule has 0 aromatic carbocycles. The van der Waals surface area contributed by atoms with Crippen LogP contribution in [0.5, 0.6) is 0 Å². The zero-order valence-electron chi connectivity index (χ0n) is 12.0. The topological polar surface area (TPSA) is 44.1 Å². The first-order valence-electron chi connectivity index (χ1n) is 6.24. The highest BCUT2D eigenvalue weighted by Gasteiger charge is 2.39. The van der Waals surface area contributed by atoms with E-state index in [2.05, 4.69) is 24.7 Å². The molecule has 0 amide bonds. The van der Waals surface area contributed by atoms with Crippen molar-refractivity contribution in [1.29, 1.82) is 0 Å². The molecule has 0 aliphatic heterocycles. The molecule has 0 aliphatic rings. The number of carbonyl (C=O) groups is 1. The van der Waals surface area contributed by atoms with Crippen LogP contribution in [0.4, 0.5) is 13.2 Å². The fourth-order valence-corrected chi connectivity index (χ4v) is 2.41. The number of aldehydes is 1. The molecular weight excluding hydrogens is 289 g/mol. The number of ether oxygens (including phenoxy) is 1. The second kappa shape index (κ2) is 6.09. The van der Waals surface area contributed by atoms with Crippen molar-refractivity contribution in [1.82, 2.24) is 9.78 Å². The van der Waals surface area contributed by atoms with Crippen LogP contribution in [0.1, 0.15) is 21.7 Å². The van der Waals surface area contributed by atoms with Crippen molar-refractivity contribution < 1.29 is 22.7 Å². The van der Waals surface area contributed by atoms with E-state index < -0.39 is 25.5 Å². The number of aromatic nitrogens is 2. The minimum atomic E-state index is -4.63. The van der Waals surface area contributed by atoms with Crippen LogP contribution < -0.4 is 0 Å². The van der Waals surface area contributed by atoms with Crippen LogP contribution in [0.2, 0.25) is 25.7 Å². The van der Waals surface area contributed by atoms with Gasteiger partial charge in [0.2, 0.25) is 0 Å². The van der Waals surface area contributed by atoms with Crippen molar-refractivity contribution in [3.05, 3.63) is 17.0 Å². The standard InChI is InChI=1S/C12H19F3N2O2Si/c1-9-10(7-18)11(12(13,14)15)17(16-9)8-19-5-6-20(2,3)4/h7H,5-6,8H2,1-4H3. The summed E-state index contributed by atoms with van der Waals surface area (Å²) < 4.78 is 44.8. The summed E-state index contributed by atoms with van der Waals surface area (Å²) in [7, 11) is -1.29. The Morgan fingerprint density at radius 1 is 1.35 bits per heavy atom. The number of carbonyl (C=O) groups excluding carboxylic acids is 1. The van der Waals surface area contributed by atoms with Gasteiger partial charge >= 0.3 is 6.18 Å². The average molecular weight is 308 g/mol. The number of hydrogen-bond donors (Lipinski definition) is 0. The Kier molecular flexibility index (Phi) is 5.14. The van der Waals surface area contributed by atoms with Gasteiger partial charge in [-0.05, 0) is 13.0 Å². The van der Waals surface area contributed by atoms with E-state index in [0.29, 0.717) is 11.3 Å². The Balaban J connectivity index is 2.83. The highest BCUT2D eigenvalue weighted by atomic mass is 28.3. The Morgan fingerprint density at radius 3 is 2.40 bits per heavy atom. The maximum atomic E-state index is 12.9. The van der Waals surface area contributed by atoms with Gasteiger partial charge in [-0.15, -0.1) is 0 Å². The van der Waals surface area contributed by atoms with Gasteiger partial charge in [-0.25, -0.2) is 4.68 Å². The largest absolute Gasteiger partial charge is 0.433 e. The third-order valence-electron chi connectivity index (χ3n) is 2.77. The van der Waals surface area contributed by atoms with E-state index in [1.54, 1.807) is 0 Å². The molecule has 8 heteroatoms. The molecule has 0 saturated heterocycles. The first kappa shape index (κ1) is 16.9. The van der Waals surface area contributed by atoms with Gasteiger partial charge in [0.1, 0.15) is 6.73 Å². The van der Waals surface area contributed by atoms with Crippen LogP contribution >= 0.6 is 0 Å². The van der Waals surface area contributed by atoms with Crippen LogP contribution in [-0.4, -0.2) is 30.7 Å². The molecule has 0 atom stereocenters. The van der Waals surface area contributed by atoms with E-state index in [-0.39, 0.29) is 18.7 Å². The lowest BCUT2D eigenvalue weighted by molar-refractivity contribution is -0.147. The molecule has 0 radical (unpaired) electrons. The molecule has 0 spiro atoms. The van der Waals surface area contributed by atoms with Gasteiger partial charge in [-0.3, -0.25) is 4.79 Å². The first-order valence-corrected chi connectivity index (χ1v) is 9.94. The molecule has 4 nitrogen and oxygen atoms in total. The summed E-state index contributed by atoms with van der Waals surface area (Å²) in [6, 6.07) is 0.856. The van der Waals surface area contributed by atoms with E-state index in [0.717, 1.165) is 6.04 Å². The summed E-state index contributed by atoms with van der Waals surface area (Å²) in [4.78, 5) is 10.8. The molecule has 0 bridgehead atoms. The highest BCUT2D eigenvalue weighted by molar-refractivity contribution is 6.76. The van der Waals surface area contributed by atoms with E-state index in [9.17, 15) is 18.0 Å². The zero-order chi connectivity index (χ0) is 15.6. The fourth-order valence-electron chi connectivity index (χ4n) is 1.66. The third kappa shape index (κ3) is 4.45. The van der Waals surface area contributed by atoms with Gasteiger partial charge in [0.05, 0.1) is 11.3 Å². The van der Waals surface area contributed by atoms with Crippen LogP contribution in [0.3, 0.4) is 0 Å². The third-order valence-corrected chi connectivity index (χ3v) is 4.47. The van der Waals surface area contributed by atoms with Gasteiger partial charge in [0.15, 0.2) is 12.0 Å². The predicted octanol–water partition coefficient (Wildman–Crippen LogP) is 3.34. The maximum Gasteiger partial charge on any atom is 0.433 e. The number of aryl methyl sites for hydroxylation is 1. The predicted molar refractivity (Wildman–Crippen MR) is 71.5 cm³/mol. The minimum Gasteiger partial charge on any atom is -0.360 e. The lowest BCUT2D eigenvalue weighted by atomic mass is 10.2. The molecule has 0 fully saturated rings. The van der Waals surface area contributed by atoms with E-state index in [1.807, 2.05) is 0 Å². The second-order valence-electron chi connectivity index (χ2n) is 5.81. The summed E-state index contributed by atoms with van der Waals surface area (Å²) in [5, 5.41) is 3.73. The molecule has 0 N–H and O–H groups in total. The Morgan fingerprint density at radius 2 is 1.95 bits per heavy atom. The van der Waals surface area contributed by atoms with Crippen LogP contribution in [0.25, 0.3) is 0 Å². The molecule has 1 aromatic heterocycles. The normalized spacial score (nSPS) is 12.8. The SMILES string of the molecule is Cc1nn(COCC[Si](C)(C)C)c(C(F)(F)F)c1C=O. The number of hydrogen-bond acceptors (Lipinski definition) is 3. The van der Waals surface area contributed by atoms with Gasteiger partial charge in [-0.2, -0.15) is 18.3 Å². The Labute approximate surface area is 116 Å². The van der Waals surface area contributed by atoms with Gasteiger partial charge in [0, 0.05) is 14.7 Å². The summed E-state index contributed by atoms with van der Waals surface area (Å²) in [5.74, 6) is 0. The van der Waals surface area contributed by atoms with Crippen molar-refractivity contribution in [3.8, 4) is 0 Å². The number of halogens is 3. The quantitative estimate of drug-likeness (QED) is 0.460. The van der Waals surface area contributed by atoms with Crippen molar-refractivity contribution in [2.24, 2.45) is 0 Å². The van der Waals surface area contributed by atoms with E-state index in [1.165, 1.54) is 6.92 Å². The average Bonchev–Trinajstić information content (AvgIpc) is 2.59. The molecule has 0 unspecified atom stereocenters. The molecule has 114 valence electrons. The summed E-state index contributed by atoms with van der Waals surface area (Å²) in [6.45, 7) is 7.92. The summed E-state index contributed by atoms with van der Waals surface area (Å²) in [5.41, 5.74) is -1.41. The van der Waals surface area contributed by atoms with Gasteiger partial charge < -0.3 is 4.74 Å². The van der Waals surface area contributed by atoms with Crippen molar-refractivity contribution in [2.45, 2.75) is 45.5 Å². The summed E-state index contributed by atoms with van der Waals surface area (Å²) >= 11 is 0. The molecule has 1 rings (SSSR count). The molecule has 1 aromatic rings. The Hall–Kier alpha value is -1.15. The fraction of sp³-hybridized carbons (Fsp3) is 0.667. The monoisotopic (exact) mass is 308 g/mol. The number of alkyl halides is 3. The zero-order valence-corrected chi connectivity index (χ0v) is 13.0. The maximum absolute atomic E-state index is 12.9. The highest BCUT2D eigenvalue weighted by Crippen LogP contribution is 2.32. The number of rotatable bonds is 6. The molecule has 0 saturated carbocycles. The first-order chi connectivity index (χ1) is 9.06. The van der Waals surface area contributed by atoms with Gasteiger partial charge in [0.25, 0.3) is 0 Å². The van der Waals surface area contributed by atoms with Crippen LogP contribution in [0, 0.1) is 6.92 Å².